The van der Waals surface area contributed by atoms with Gasteiger partial charge in [-0.25, -0.2) is 0 Å². The van der Waals surface area contributed by atoms with Gasteiger partial charge in [0.2, 0.25) is 0 Å². The Hall–Kier alpha value is -0.580. The van der Waals surface area contributed by atoms with E-state index in [1.54, 1.807) is 0 Å². The van der Waals surface area contributed by atoms with E-state index in [1.807, 2.05) is 0 Å². The monoisotopic (exact) mass is 334 g/mol. The first-order chi connectivity index (χ1) is 9.93. The molecule has 0 fully saturated rings. The minimum atomic E-state index is -4.19. The Bertz CT molecular complexity index is 424. The molecule has 3 nitrogen and oxygen atoms in total. The van der Waals surface area contributed by atoms with E-state index in [9.17, 15) is 0 Å². The van der Waals surface area contributed by atoms with E-state index in [0.29, 0.717) is 0 Å². The molecule has 0 amide bonds. The summed E-state index contributed by atoms with van der Waals surface area (Å²) < 4.78 is 25.2. The highest BCUT2D eigenvalue weighted by Gasteiger charge is 1.93. The molecule has 0 atom stereocenters. The second-order valence-corrected chi connectivity index (χ2v) is 7.12. The van der Waals surface area contributed by atoms with E-state index < -0.39 is 9.33 Å². The summed E-state index contributed by atoms with van der Waals surface area (Å²) in [6.07, 6.45) is 12.5. The molecule has 0 heterocycles. The van der Waals surface area contributed by atoms with Gasteiger partial charge >= 0.3 is 9.33 Å². The van der Waals surface area contributed by atoms with Crippen molar-refractivity contribution in [2.24, 2.45) is 0 Å². The average molecular weight is 335 g/mol. The van der Waals surface area contributed by atoms with E-state index in [1.165, 1.54) is 63.4 Å². The lowest BCUT2D eigenvalue weighted by molar-refractivity contribution is 0.501. The predicted octanol–water partition coefficient (Wildman–Crippen LogP) is 5.40. The van der Waals surface area contributed by atoms with E-state index >= 15 is 0 Å². The molecule has 1 N–H and O–H groups in total. The standard InChI is InChI=1S/C16H26.ClHO3S/c1-2-3-4-5-6-7-8-10-13-16-14-11-9-12-15-16;1-5(2,3)4/h9,11-12,14-15H,2-8,10,13H2,1H3;(H,2,3,4). The van der Waals surface area contributed by atoms with Crippen LogP contribution in [0.3, 0.4) is 0 Å². The van der Waals surface area contributed by atoms with Crippen LogP contribution in [0, 0.1) is 0 Å². The Balaban J connectivity index is 0.000000690. The fraction of sp³-hybridized carbons (Fsp3) is 0.625. The summed E-state index contributed by atoms with van der Waals surface area (Å²) in [7, 11) is -0.137. The van der Waals surface area contributed by atoms with Crippen LogP contribution < -0.4 is 0 Å². The molecule has 0 bridgehead atoms. The Morgan fingerprint density at radius 2 is 1.33 bits per heavy atom. The Kier molecular flexibility index (Phi) is 12.7. The van der Waals surface area contributed by atoms with Crippen LogP contribution in [0.4, 0.5) is 0 Å². The van der Waals surface area contributed by atoms with Gasteiger partial charge in [0.1, 0.15) is 0 Å². The van der Waals surface area contributed by atoms with Crippen LogP contribution in [-0.4, -0.2) is 13.0 Å². The lowest BCUT2D eigenvalue weighted by atomic mass is 10.0. The fourth-order valence-corrected chi connectivity index (χ4v) is 2.11. The summed E-state index contributed by atoms with van der Waals surface area (Å²) in [5.41, 5.74) is 1.49. The molecule has 0 saturated heterocycles. The number of rotatable bonds is 9. The molecule has 0 spiro atoms. The summed E-state index contributed by atoms with van der Waals surface area (Å²) in [4.78, 5) is 0. The number of hydrogen-bond acceptors (Lipinski definition) is 2. The van der Waals surface area contributed by atoms with Gasteiger partial charge in [0, 0.05) is 10.7 Å². The number of unbranched alkanes of at least 4 members (excludes halogenated alkanes) is 7. The first kappa shape index (κ1) is 20.4. The summed E-state index contributed by atoms with van der Waals surface area (Å²) in [6.45, 7) is 2.28. The smallest absolute Gasteiger partial charge is 0.273 e. The number of halogens is 1. The molecule has 0 unspecified atom stereocenters. The van der Waals surface area contributed by atoms with Crippen LogP contribution in [0.1, 0.15) is 63.9 Å². The van der Waals surface area contributed by atoms with E-state index in [4.69, 9.17) is 13.0 Å². The summed E-state index contributed by atoms with van der Waals surface area (Å²) in [5, 5.41) is 0. The second kappa shape index (κ2) is 13.1. The molecule has 0 aromatic heterocycles. The summed E-state index contributed by atoms with van der Waals surface area (Å²) in [6, 6.07) is 10.8. The summed E-state index contributed by atoms with van der Waals surface area (Å²) in [5.74, 6) is 0. The zero-order chi connectivity index (χ0) is 16.0. The first-order valence-corrected chi connectivity index (χ1v) is 9.91. The van der Waals surface area contributed by atoms with E-state index in [2.05, 4.69) is 47.9 Å². The molecule has 0 aliphatic carbocycles. The SMILES string of the molecule is CCCCCCCCCCc1ccccc1.O=S(=O)(O)Cl. The molecule has 0 radical (unpaired) electrons. The van der Waals surface area contributed by atoms with Crippen molar-refractivity contribution in [2.75, 3.05) is 0 Å². The van der Waals surface area contributed by atoms with Crippen molar-refractivity contribution in [3.05, 3.63) is 35.9 Å². The first-order valence-electron chi connectivity index (χ1n) is 7.64. The Labute approximate surface area is 134 Å². The average Bonchev–Trinajstić information content (AvgIpc) is 2.41. The van der Waals surface area contributed by atoms with Crippen molar-refractivity contribution >= 4 is 20.0 Å². The van der Waals surface area contributed by atoms with Gasteiger partial charge < -0.3 is 0 Å². The molecule has 5 heteroatoms. The van der Waals surface area contributed by atoms with Crippen LogP contribution in [0.2, 0.25) is 0 Å². The molecule has 1 aromatic rings. The minimum Gasteiger partial charge on any atom is -0.273 e. The van der Waals surface area contributed by atoms with Crippen LogP contribution in [0.15, 0.2) is 30.3 Å². The van der Waals surface area contributed by atoms with Gasteiger partial charge in [0.25, 0.3) is 0 Å². The van der Waals surface area contributed by atoms with Gasteiger partial charge in [-0.1, -0.05) is 82.2 Å². The molecular formula is C16H27ClO3S. The summed E-state index contributed by atoms with van der Waals surface area (Å²) >= 11 is 0. The fourth-order valence-electron chi connectivity index (χ4n) is 2.11. The third-order valence-electron chi connectivity index (χ3n) is 3.16. The van der Waals surface area contributed by atoms with E-state index in [0.717, 1.165) is 0 Å². The third kappa shape index (κ3) is 19.4. The third-order valence-corrected chi connectivity index (χ3v) is 3.16. The highest BCUT2D eigenvalue weighted by Crippen LogP contribution is 2.10. The van der Waals surface area contributed by atoms with Crippen LogP contribution in [0.25, 0.3) is 0 Å². The lowest BCUT2D eigenvalue weighted by Gasteiger charge is -2.02. The zero-order valence-corrected chi connectivity index (χ0v) is 14.4. The van der Waals surface area contributed by atoms with Crippen molar-refractivity contribution < 1.29 is 13.0 Å². The van der Waals surface area contributed by atoms with Crippen molar-refractivity contribution in [2.45, 2.75) is 64.7 Å². The molecule has 21 heavy (non-hydrogen) atoms. The van der Waals surface area contributed by atoms with Gasteiger partial charge in [-0.15, -0.1) is 0 Å². The van der Waals surface area contributed by atoms with Gasteiger partial charge in [-0.3, -0.25) is 4.55 Å². The van der Waals surface area contributed by atoms with Crippen molar-refractivity contribution in [3.8, 4) is 0 Å². The zero-order valence-electron chi connectivity index (χ0n) is 12.8. The molecule has 1 aromatic carbocycles. The Morgan fingerprint density at radius 3 is 1.81 bits per heavy atom. The number of aryl methyl sites for hydroxylation is 1. The van der Waals surface area contributed by atoms with Crippen molar-refractivity contribution in [1.82, 2.24) is 0 Å². The van der Waals surface area contributed by atoms with Gasteiger partial charge in [0.15, 0.2) is 0 Å². The van der Waals surface area contributed by atoms with Crippen LogP contribution in [-0.2, 0) is 15.8 Å². The van der Waals surface area contributed by atoms with Gasteiger partial charge in [0.05, 0.1) is 0 Å². The molecule has 122 valence electrons. The number of benzene rings is 1. The van der Waals surface area contributed by atoms with Gasteiger partial charge in [-0.2, -0.15) is 8.42 Å². The largest absolute Gasteiger partial charge is 0.353 e. The minimum absolute atomic E-state index is 1.26. The van der Waals surface area contributed by atoms with Crippen molar-refractivity contribution in [3.63, 3.8) is 0 Å². The molecule has 0 aliphatic rings. The molecule has 0 aliphatic heterocycles. The molecule has 1 rings (SSSR count). The Morgan fingerprint density at radius 1 is 0.905 bits per heavy atom. The van der Waals surface area contributed by atoms with Crippen LogP contribution >= 0.6 is 10.7 Å². The molecular weight excluding hydrogens is 308 g/mol. The normalized spacial score (nSPS) is 10.8. The van der Waals surface area contributed by atoms with Crippen LogP contribution in [0.5, 0.6) is 0 Å². The second-order valence-electron chi connectivity index (χ2n) is 5.12. The topological polar surface area (TPSA) is 54.4 Å². The lowest BCUT2D eigenvalue weighted by Crippen LogP contribution is -1.85. The maximum atomic E-state index is 8.95. The maximum Gasteiger partial charge on any atom is 0.353 e. The highest BCUT2D eigenvalue weighted by molar-refractivity contribution is 8.09. The van der Waals surface area contributed by atoms with E-state index in [-0.39, 0.29) is 0 Å². The van der Waals surface area contributed by atoms with Gasteiger partial charge in [-0.05, 0) is 18.4 Å². The van der Waals surface area contributed by atoms with Crippen molar-refractivity contribution in [1.29, 1.82) is 0 Å². The highest BCUT2D eigenvalue weighted by atomic mass is 35.7. The predicted molar refractivity (Wildman–Crippen MR) is 90.2 cm³/mol. The quantitative estimate of drug-likeness (QED) is 0.374. The molecule has 0 saturated carbocycles. The maximum absolute atomic E-state index is 8.95. The number of hydrogen-bond donors (Lipinski definition) is 1.